The summed E-state index contributed by atoms with van der Waals surface area (Å²) in [5.74, 6) is 2.31. The third-order valence-corrected chi connectivity index (χ3v) is 4.38. The predicted molar refractivity (Wildman–Crippen MR) is 92.5 cm³/mol. The number of nitrogens with zero attached hydrogens (tertiary/aromatic N) is 1. The Morgan fingerprint density at radius 2 is 1.85 bits per heavy atom. The molecule has 0 aliphatic rings. The third-order valence-electron chi connectivity index (χ3n) is 3.35. The van der Waals surface area contributed by atoms with Crippen LogP contribution in [0.25, 0.3) is 0 Å². The number of rotatable bonds is 11. The van der Waals surface area contributed by atoms with Crippen molar-refractivity contribution in [1.82, 2.24) is 10.2 Å². The standard InChI is InChI=1S/C17H30N2S/c1-4-12-19(16(2)3)13-10-18-11-14-20-15-17-8-6-5-7-9-17/h5-9,16,18H,4,10-15H2,1-3H3. The molecule has 1 aromatic carbocycles. The van der Waals surface area contributed by atoms with Crippen molar-refractivity contribution >= 4 is 11.8 Å². The van der Waals surface area contributed by atoms with Gasteiger partial charge in [0.05, 0.1) is 0 Å². The van der Waals surface area contributed by atoms with Gasteiger partial charge in [-0.05, 0) is 32.4 Å². The van der Waals surface area contributed by atoms with Gasteiger partial charge in [0.1, 0.15) is 0 Å². The van der Waals surface area contributed by atoms with Gasteiger partial charge in [-0.1, -0.05) is 37.3 Å². The largest absolute Gasteiger partial charge is 0.315 e. The lowest BCUT2D eigenvalue weighted by Gasteiger charge is -2.25. The molecule has 1 aromatic rings. The third kappa shape index (κ3) is 7.93. The van der Waals surface area contributed by atoms with Crippen LogP contribution in [0.2, 0.25) is 0 Å². The lowest BCUT2D eigenvalue weighted by atomic mass is 10.2. The van der Waals surface area contributed by atoms with Crippen LogP contribution < -0.4 is 5.32 Å². The average molecular weight is 295 g/mol. The molecule has 0 spiro atoms. The van der Waals surface area contributed by atoms with E-state index in [1.54, 1.807) is 0 Å². The molecule has 0 atom stereocenters. The van der Waals surface area contributed by atoms with Crippen molar-refractivity contribution in [3.05, 3.63) is 35.9 Å². The quantitative estimate of drug-likeness (QED) is 0.627. The van der Waals surface area contributed by atoms with Gasteiger partial charge >= 0.3 is 0 Å². The molecule has 0 radical (unpaired) electrons. The van der Waals surface area contributed by atoms with Crippen LogP contribution in [0.3, 0.4) is 0 Å². The Balaban J connectivity index is 1.99. The van der Waals surface area contributed by atoms with E-state index < -0.39 is 0 Å². The average Bonchev–Trinajstić information content (AvgIpc) is 2.46. The molecule has 0 aromatic heterocycles. The summed E-state index contributed by atoms with van der Waals surface area (Å²) in [5.41, 5.74) is 1.42. The molecule has 0 bridgehead atoms. The lowest BCUT2D eigenvalue weighted by molar-refractivity contribution is 0.223. The van der Waals surface area contributed by atoms with Crippen molar-refractivity contribution in [2.24, 2.45) is 0 Å². The number of nitrogens with one attached hydrogen (secondary N) is 1. The van der Waals surface area contributed by atoms with Crippen molar-refractivity contribution in [3.8, 4) is 0 Å². The molecular formula is C17H30N2S. The van der Waals surface area contributed by atoms with Gasteiger partial charge in [0, 0.05) is 37.2 Å². The summed E-state index contributed by atoms with van der Waals surface area (Å²) >= 11 is 2.01. The van der Waals surface area contributed by atoms with Crippen molar-refractivity contribution in [2.45, 2.75) is 39.0 Å². The second-order valence-electron chi connectivity index (χ2n) is 5.42. The van der Waals surface area contributed by atoms with Crippen LogP contribution in [0.1, 0.15) is 32.8 Å². The summed E-state index contributed by atoms with van der Waals surface area (Å²) in [5, 5.41) is 3.55. The zero-order valence-corrected chi connectivity index (χ0v) is 14.1. The first-order chi connectivity index (χ1) is 9.74. The van der Waals surface area contributed by atoms with Crippen LogP contribution in [-0.4, -0.2) is 42.9 Å². The molecule has 0 saturated heterocycles. The van der Waals surface area contributed by atoms with Crippen LogP contribution in [-0.2, 0) is 5.75 Å². The summed E-state index contributed by atoms with van der Waals surface area (Å²) in [4.78, 5) is 2.55. The molecule has 1 N–H and O–H groups in total. The van der Waals surface area contributed by atoms with Gasteiger partial charge in [-0.15, -0.1) is 0 Å². The topological polar surface area (TPSA) is 15.3 Å². The van der Waals surface area contributed by atoms with E-state index >= 15 is 0 Å². The maximum Gasteiger partial charge on any atom is 0.0185 e. The molecule has 0 heterocycles. The summed E-state index contributed by atoms with van der Waals surface area (Å²) < 4.78 is 0. The Bertz CT molecular complexity index is 327. The molecule has 1 rings (SSSR count). The normalized spacial score (nSPS) is 11.4. The van der Waals surface area contributed by atoms with E-state index in [0.29, 0.717) is 6.04 Å². The van der Waals surface area contributed by atoms with Crippen molar-refractivity contribution in [3.63, 3.8) is 0 Å². The number of thioether (sulfide) groups is 1. The molecule has 2 nitrogen and oxygen atoms in total. The molecule has 0 unspecified atom stereocenters. The van der Waals surface area contributed by atoms with Crippen molar-refractivity contribution < 1.29 is 0 Å². The molecule has 3 heteroatoms. The molecule has 20 heavy (non-hydrogen) atoms. The molecule has 114 valence electrons. The minimum absolute atomic E-state index is 0.657. The fourth-order valence-electron chi connectivity index (χ4n) is 2.17. The maximum atomic E-state index is 3.55. The van der Waals surface area contributed by atoms with E-state index in [1.807, 2.05) is 11.8 Å². The summed E-state index contributed by atoms with van der Waals surface area (Å²) in [6, 6.07) is 11.4. The van der Waals surface area contributed by atoms with E-state index in [0.717, 1.165) is 25.4 Å². The number of hydrogen-bond acceptors (Lipinski definition) is 3. The number of benzene rings is 1. The van der Waals surface area contributed by atoms with Gasteiger partial charge in [0.15, 0.2) is 0 Å². The van der Waals surface area contributed by atoms with Gasteiger partial charge in [0.25, 0.3) is 0 Å². The molecule has 0 amide bonds. The highest BCUT2D eigenvalue weighted by atomic mass is 32.2. The first-order valence-corrected chi connectivity index (χ1v) is 8.96. The molecule has 0 fully saturated rings. The van der Waals surface area contributed by atoms with Crippen LogP contribution in [0.4, 0.5) is 0 Å². The minimum Gasteiger partial charge on any atom is -0.315 e. The van der Waals surface area contributed by atoms with Gasteiger partial charge in [-0.25, -0.2) is 0 Å². The van der Waals surface area contributed by atoms with Crippen LogP contribution >= 0.6 is 11.8 Å². The zero-order valence-electron chi connectivity index (χ0n) is 13.3. The second-order valence-corrected chi connectivity index (χ2v) is 6.52. The first-order valence-electron chi connectivity index (χ1n) is 7.80. The smallest absolute Gasteiger partial charge is 0.0185 e. The van der Waals surface area contributed by atoms with Crippen LogP contribution in [0.15, 0.2) is 30.3 Å². The van der Waals surface area contributed by atoms with Crippen molar-refractivity contribution in [2.75, 3.05) is 31.9 Å². The summed E-state index contributed by atoms with van der Waals surface area (Å²) in [6.45, 7) is 11.4. The van der Waals surface area contributed by atoms with Crippen molar-refractivity contribution in [1.29, 1.82) is 0 Å². The Morgan fingerprint density at radius 1 is 1.10 bits per heavy atom. The van der Waals surface area contributed by atoms with Gasteiger partial charge in [-0.3, -0.25) is 4.90 Å². The SMILES string of the molecule is CCCN(CCNCCSCc1ccccc1)C(C)C. The Labute approximate surface area is 129 Å². The summed E-state index contributed by atoms with van der Waals surface area (Å²) in [6.07, 6.45) is 1.24. The Morgan fingerprint density at radius 3 is 2.50 bits per heavy atom. The summed E-state index contributed by atoms with van der Waals surface area (Å²) in [7, 11) is 0. The minimum atomic E-state index is 0.657. The van der Waals surface area contributed by atoms with E-state index in [1.165, 1.54) is 24.3 Å². The van der Waals surface area contributed by atoms with Gasteiger partial charge in [-0.2, -0.15) is 11.8 Å². The highest BCUT2D eigenvalue weighted by molar-refractivity contribution is 7.98. The van der Waals surface area contributed by atoms with Gasteiger partial charge in [0.2, 0.25) is 0 Å². The second kappa shape index (κ2) is 11.2. The fourth-order valence-corrected chi connectivity index (χ4v) is 3.03. The van der Waals surface area contributed by atoms with Crippen LogP contribution in [0.5, 0.6) is 0 Å². The molecular weight excluding hydrogens is 264 g/mol. The molecule has 0 aliphatic carbocycles. The Hall–Kier alpha value is -0.510. The maximum absolute atomic E-state index is 3.55. The number of hydrogen-bond donors (Lipinski definition) is 1. The monoisotopic (exact) mass is 294 g/mol. The van der Waals surface area contributed by atoms with E-state index in [9.17, 15) is 0 Å². The predicted octanol–water partition coefficient (Wildman–Crippen LogP) is 3.63. The highest BCUT2D eigenvalue weighted by Gasteiger charge is 2.06. The molecule has 0 aliphatic heterocycles. The Kier molecular flexibility index (Phi) is 9.81. The lowest BCUT2D eigenvalue weighted by Crippen LogP contribution is -2.37. The van der Waals surface area contributed by atoms with E-state index in [2.05, 4.69) is 61.3 Å². The van der Waals surface area contributed by atoms with Crippen LogP contribution in [0, 0.1) is 0 Å². The molecule has 0 saturated carbocycles. The first kappa shape index (κ1) is 17.5. The fraction of sp³-hybridized carbons (Fsp3) is 0.647. The van der Waals surface area contributed by atoms with E-state index in [4.69, 9.17) is 0 Å². The highest BCUT2D eigenvalue weighted by Crippen LogP contribution is 2.10. The van der Waals surface area contributed by atoms with E-state index in [-0.39, 0.29) is 0 Å². The van der Waals surface area contributed by atoms with Gasteiger partial charge < -0.3 is 5.32 Å². The zero-order chi connectivity index (χ0) is 14.6.